The lowest BCUT2D eigenvalue weighted by atomic mass is 10.1. The first-order valence-electron chi connectivity index (χ1n) is 6.52. The van der Waals surface area contributed by atoms with Crippen LogP contribution in [0, 0.1) is 12.8 Å². The first kappa shape index (κ1) is 16.6. The summed E-state index contributed by atoms with van der Waals surface area (Å²) in [5.41, 5.74) is 0. The van der Waals surface area contributed by atoms with Crippen LogP contribution in [0.3, 0.4) is 0 Å². The minimum atomic E-state index is 0. The zero-order chi connectivity index (χ0) is 11.7. The maximum atomic E-state index is 3.97. The molecule has 0 saturated carbocycles. The van der Waals surface area contributed by atoms with E-state index in [0.717, 1.165) is 30.7 Å². The standard InChI is InChI=1S/C11H20N6.2ClH/c1-9-13-14-15-17(9)5-2-4-16-6-3-10-7-12-8-11(10)16;;/h10-12H,2-8H2,1H3;2*1H/t10-,11+;;/m0../s1. The zero-order valence-electron chi connectivity index (χ0n) is 11.2. The van der Waals surface area contributed by atoms with Crippen LogP contribution in [-0.2, 0) is 6.54 Å². The molecule has 0 aromatic carbocycles. The van der Waals surface area contributed by atoms with Gasteiger partial charge in [-0.3, -0.25) is 4.90 Å². The van der Waals surface area contributed by atoms with Crippen LogP contribution in [0.4, 0.5) is 0 Å². The van der Waals surface area contributed by atoms with Gasteiger partial charge in [-0.05, 0) is 49.2 Å². The number of aryl methyl sites for hydroxylation is 2. The van der Waals surface area contributed by atoms with Crippen molar-refractivity contribution in [2.75, 3.05) is 26.2 Å². The van der Waals surface area contributed by atoms with Crippen LogP contribution < -0.4 is 5.32 Å². The Bertz CT molecular complexity index is 385. The highest BCUT2D eigenvalue weighted by Gasteiger charge is 2.36. The summed E-state index contributed by atoms with van der Waals surface area (Å²) in [6.45, 7) is 7.71. The smallest absolute Gasteiger partial charge is 0.148 e. The number of hydrogen-bond donors (Lipinski definition) is 1. The van der Waals surface area contributed by atoms with Crippen molar-refractivity contribution in [3.8, 4) is 0 Å². The average Bonchev–Trinajstić information content (AvgIpc) is 2.98. The van der Waals surface area contributed by atoms with Crippen molar-refractivity contribution in [2.24, 2.45) is 5.92 Å². The highest BCUT2D eigenvalue weighted by Crippen LogP contribution is 2.26. The fourth-order valence-electron chi connectivity index (χ4n) is 3.10. The SMILES string of the molecule is Cc1nnnn1CCCN1CC[C@H]2CNC[C@H]21.Cl.Cl. The average molecular weight is 309 g/mol. The third-order valence-electron chi connectivity index (χ3n) is 4.09. The summed E-state index contributed by atoms with van der Waals surface area (Å²) in [6.07, 6.45) is 2.50. The summed E-state index contributed by atoms with van der Waals surface area (Å²) in [4.78, 5) is 2.63. The van der Waals surface area contributed by atoms with E-state index >= 15 is 0 Å². The van der Waals surface area contributed by atoms with E-state index in [1.807, 2.05) is 11.6 Å². The molecule has 1 aromatic rings. The summed E-state index contributed by atoms with van der Waals surface area (Å²) < 4.78 is 1.89. The monoisotopic (exact) mass is 308 g/mol. The first-order valence-corrected chi connectivity index (χ1v) is 6.52. The second kappa shape index (κ2) is 7.38. The van der Waals surface area contributed by atoms with E-state index in [0.29, 0.717) is 0 Å². The Kier molecular flexibility index (Phi) is 6.46. The number of nitrogens with one attached hydrogen (secondary N) is 1. The quantitative estimate of drug-likeness (QED) is 0.878. The van der Waals surface area contributed by atoms with Gasteiger partial charge in [0.05, 0.1) is 0 Å². The Balaban J connectivity index is 0.000000902. The van der Waals surface area contributed by atoms with Crippen LogP contribution in [0.15, 0.2) is 0 Å². The summed E-state index contributed by atoms with van der Waals surface area (Å²) in [5.74, 6) is 1.80. The number of aromatic nitrogens is 4. The predicted octanol–water partition coefficient (Wildman–Crippen LogP) is 0.509. The Morgan fingerprint density at radius 2 is 2.11 bits per heavy atom. The van der Waals surface area contributed by atoms with Crippen LogP contribution in [0.25, 0.3) is 0 Å². The van der Waals surface area contributed by atoms with Crippen molar-refractivity contribution in [3.63, 3.8) is 0 Å². The third kappa shape index (κ3) is 3.56. The van der Waals surface area contributed by atoms with E-state index in [-0.39, 0.29) is 24.8 Å². The van der Waals surface area contributed by atoms with Gasteiger partial charge < -0.3 is 5.32 Å². The summed E-state index contributed by atoms with van der Waals surface area (Å²) >= 11 is 0. The number of nitrogens with zero attached hydrogens (tertiary/aromatic N) is 5. The van der Waals surface area contributed by atoms with Crippen LogP contribution in [0.1, 0.15) is 18.7 Å². The van der Waals surface area contributed by atoms with Crippen molar-refractivity contribution in [1.82, 2.24) is 30.4 Å². The minimum Gasteiger partial charge on any atom is -0.315 e. The van der Waals surface area contributed by atoms with E-state index in [1.165, 1.54) is 32.6 Å². The molecule has 0 radical (unpaired) electrons. The van der Waals surface area contributed by atoms with Gasteiger partial charge in [0.25, 0.3) is 0 Å². The molecule has 6 nitrogen and oxygen atoms in total. The lowest BCUT2D eigenvalue weighted by molar-refractivity contribution is 0.243. The number of fused-ring (bicyclic) bond motifs is 1. The lowest BCUT2D eigenvalue weighted by Gasteiger charge is -2.22. The largest absolute Gasteiger partial charge is 0.315 e. The maximum Gasteiger partial charge on any atom is 0.148 e. The summed E-state index contributed by atoms with van der Waals surface area (Å²) in [7, 11) is 0. The van der Waals surface area contributed by atoms with Gasteiger partial charge in [0.15, 0.2) is 0 Å². The van der Waals surface area contributed by atoms with Gasteiger partial charge in [0.2, 0.25) is 0 Å². The Labute approximate surface area is 126 Å². The fraction of sp³-hybridized carbons (Fsp3) is 0.909. The number of likely N-dealkylation sites (tertiary alicyclic amines) is 1. The molecule has 3 rings (SSSR count). The Hall–Kier alpha value is -0.430. The Morgan fingerprint density at radius 3 is 2.84 bits per heavy atom. The molecule has 3 heterocycles. The normalized spacial score (nSPS) is 25.7. The topological polar surface area (TPSA) is 58.9 Å². The molecule has 2 aliphatic heterocycles. The van der Waals surface area contributed by atoms with Crippen LogP contribution in [0.2, 0.25) is 0 Å². The molecule has 2 saturated heterocycles. The van der Waals surface area contributed by atoms with E-state index in [1.54, 1.807) is 0 Å². The van der Waals surface area contributed by atoms with E-state index in [9.17, 15) is 0 Å². The van der Waals surface area contributed by atoms with E-state index < -0.39 is 0 Å². The Morgan fingerprint density at radius 1 is 1.26 bits per heavy atom. The molecule has 110 valence electrons. The molecule has 0 amide bonds. The molecule has 0 aliphatic carbocycles. The molecule has 1 aromatic heterocycles. The molecule has 8 heteroatoms. The number of tetrazole rings is 1. The van der Waals surface area contributed by atoms with Gasteiger partial charge in [-0.15, -0.1) is 29.9 Å². The second-order valence-corrected chi connectivity index (χ2v) is 5.11. The van der Waals surface area contributed by atoms with E-state index in [2.05, 4.69) is 25.7 Å². The highest BCUT2D eigenvalue weighted by molar-refractivity contribution is 5.85. The molecule has 0 bridgehead atoms. The van der Waals surface area contributed by atoms with Gasteiger partial charge in [-0.2, -0.15) is 0 Å². The minimum absolute atomic E-state index is 0. The van der Waals surface area contributed by atoms with Crippen molar-refractivity contribution >= 4 is 24.8 Å². The molecule has 2 fully saturated rings. The summed E-state index contributed by atoms with van der Waals surface area (Å²) in [6, 6.07) is 0.782. The third-order valence-corrected chi connectivity index (χ3v) is 4.09. The van der Waals surface area contributed by atoms with Crippen molar-refractivity contribution in [3.05, 3.63) is 5.82 Å². The van der Waals surface area contributed by atoms with Crippen LogP contribution in [0.5, 0.6) is 0 Å². The first-order chi connectivity index (χ1) is 8.34. The van der Waals surface area contributed by atoms with Crippen molar-refractivity contribution in [1.29, 1.82) is 0 Å². The highest BCUT2D eigenvalue weighted by atomic mass is 35.5. The lowest BCUT2D eigenvalue weighted by Crippen LogP contribution is -2.35. The number of halogens is 2. The maximum absolute atomic E-state index is 3.97. The molecule has 2 aliphatic rings. The predicted molar refractivity (Wildman–Crippen MR) is 78.0 cm³/mol. The van der Waals surface area contributed by atoms with Gasteiger partial charge in [-0.1, -0.05) is 0 Å². The molecule has 0 spiro atoms. The number of rotatable bonds is 4. The molecular formula is C11H22Cl2N6. The molecule has 0 unspecified atom stereocenters. The molecule has 19 heavy (non-hydrogen) atoms. The fourth-order valence-corrected chi connectivity index (χ4v) is 3.10. The van der Waals surface area contributed by atoms with Gasteiger partial charge in [0.1, 0.15) is 5.82 Å². The number of hydrogen-bond acceptors (Lipinski definition) is 5. The van der Waals surface area contributed by atoms with Crippen LogP contribution >= 0.6 is 24.8 Å². The molecule has 1 N–H and O–H groups in total. The van der Waals surface area contributed by atoms with Crippen molar-refractivity contribution < 1.29 is 0 Å². The van der Waals surface area contributed by atoms with Gasteiger partial charge >= 0.3 is 0 Å². The molecule has 2 atom stereocenters. The second-order valence-electron chi connectivity index (χ2n) is 5.11. The summed E-state index contributed by atoms with van der Waals surface area (Å²) in [5, 5.41) is 15.0. The zero-order valence-corrected chi connectivity index (χ0v) is 12.8. The van der Waals surface area contributed by atoms with Gasteiger partial charge in [-0.25, -0.2) is 4.68 Å². The van der Waals surface area contributed by atoms with E-state index in [4.69, 9.17) is 0 Å². The van der Waals surface area contributed by atoms with Crippen LogP contribution in [-0.4, -0.2) is 57.3 Å². The molecular weight excluding hydrogens is 287 g/mol. The van der Waals surface area contributed by atoms with Crippen molar-refractivity contribution in [2.45, 2.75) is 32.4 Å². The van der Waals surface area contributed by atoms with Gasteiger partial charge in [0, 0.05) is 25.7 Å².